The van der Waals surface area contributed by atoms with Crippen LogP contribution in [0.2, 0.25) is 0 Å². The van der Waals surface area contributed by atoms with Gasteiger partial charge in [-0.15, -0.1) is 0 Å². The molecule has 2 amide bonds. The van der Waals surface area contributed by atoms with E-state index < -0.39 is 30.0 Å². The van der Waals surface area contributed by atoms with E-state index >= 15 is 0 Å². The van der Waals surface area contributed by atoms with Gasteiger partial charge in [0.25, 0.3) is 0 Å². The molecule has 1 fully saturated rings. The molecule has 0 aliphatic carbocycles. The number of benzene rings is 1. The zero-order valence-corrected chi connectivity index (χ0v) is 11.6. The van der Waals surface area contributed by atoms with Crippen molar-refractivity contribution in [3.05, 3.63) is 30.1 Å². The average molecular weight is 296 g/mol. The number of carboxylic acids is 1. The predicted molar refractivity (Wildman–Crippen MR) is 73.6 cm³/mol. The number of hydrogen-bond acceptors (Lipinski definition) is 3. The molecule has 0 saturated carbocycles. The van der Waals surface area contributed by atoms with Gasteiger partial charge in [-0.3, -0.25) is 4.90 Å². The van der Waals surface area contributed by atoms with Gasteiger partial charge in [-0.05, 0) is 19.1 Å². The van der Waals surface area contributed by atoms with E-state index in [1.165, 1.54) is 23.1 Å². The van der Waals surface area contributed by atoms with Crippen LogP contribution in [0.4, 0.5) is 14.9 Å². The van der Waals surface area contributed by atoms with Crippen molar-refractivity contribution in [3.63, 3.8) is 0 Å². The van der Waals surface area contributed by atoms with E-state index in [-0.39, 0.29) is 25.2 Å². The quantitative estimate of drug-likeness (QED) is 0.880. The number of para-hydroxylation sites is 1. The minimum Gasteiger partial charge on any atom is -0.480 e. The molecule has 1 saturated heterocycles. The van der Waals surface area contributed by atoms with Gasteiger partial charge >= 0.3 is 12.0 Å². The molecule has 1 unspecified atom stereocenters. The van der Waals surface area contributed by atoms with E-state index in [4.69, 9.17) is 5.11 Å². The number of aliphatic carboxylic acids is 1. The first-order valence-electron chi connectivity index (χ1n) is 6.69. The van der Waals surface area contributed by atoms with Crippen LogP contribution in [0.3, 0.4) is 0 Å². The lowest BCUT2D eigenvalue weighted by atomic mass is 10.2. The predicted octanol–water partition coefficient (Wildman–Crippen LogP) is 1.29. The number of amides is 2. The first kappa shape index (κ1) is 15.2. The van der Waals surface area contributed by atoms with E-state index in [1.807, 2.05) is 0 Å². The summed E-state index contributed by atoms with van der Waals surface area (Å²) in [4.78, 5) is 25.9. The number of β-amino-alcohol motifs (C(OH)–C–C–N with tert-alkyl or cyclic N) is 1. The van der Waals surface area contributed by atoms with Gasteiger partial charge in [0.2, 0.25) is 0 Å². The Labute approximate surface area is 121 Å². The third-order valence-electron chi connectivity index (χ3n) is 3.50. The first-order chi connectivity index (χ1) is 9.95. The Balaban J connectivity index is 2.28. The lowest BCUT2D eigenvalue weighted by Gasteiger charge is -2.29. The van der Waals surface area contributed by atoms with E-state index in [0.717, 1.165) is 4.90 Å². The highest BCUT2D eigenvalue weighted by molar-refractivity contribution is 5.95. The molecule has 7 heteroatoms. The molecule has 1 aliphatic rings. The number of carbonyl (C=O) groups is 2. The molecule has 2 atom stereocenters. The monoisotopic (exact) mass is 296 g/mol. The summed E-state index contributed by atoms with van der Waals surface area (Å²) in [5, 5.41) is 18.7. The molecule has 2 N–H and O–H groups in total. The van der Waals surface area contributed by atoms with Crippen LogP contribution in [-0.4, -0.2) is 52.3 Å². The molecule has 1 aromatic carbocycles. The number of urea groups is 1. The molecule has 1 heterocycles. The normalized spacial score (nSPS) is 21.4. The Morgan fingerprint density at radius 3 is 2.67 bits per heavy atom. The number of rotatable bonds is 3. The van der Waals surface area contributed by atoms with E-state index in [0.29, 0.717) is 0 Å². The molecule has 1 aromatic rings. The third kappa shape index (κ3) is 2.97. The van der Waals surface area contributed by atoms with Gasteiger partial charge in [0.15, 0.2) is 0 Å². The van der Waals surface area contributed by atoms with E-state index in [2.05, 4.69) is 0 Å². The van der Waals surface area contributed by atoms with Crippen molar-refractivity contribution in [1.29, 1.82) is 0 Å². The maximum atomic E-state index is 13.8. The van der Waals surface area contributed by atoms with Crippen molar-refractivity contribution in [2.24, 2.45) is 0 Å². The number of hydrogen-bond donors (Lipinski definition) is 2. The Bertz CT molecular complexity index is 552. The smallest absolute Gasteiger partial charge is 0.326 e. The molecule has 1 aliphatic heterocycles. The number of aliphatic hydroxyl groups is 1. The second kappa shape index (κ2) is 6.09. The van der Waals surface area contributed by atoms with Crippen molar-refractivity contribution >= 4 is 17.7 Å². The van der Waals surface area contributed by atoms with Crippen molar-refractivity contribution in [1.82, 2.24) is 4.90 Å². The Hall–Kier alpha value is -2.15. The summed E-state index contributed by atoms with van der Waals surface area (Å²) in [5.74, 6) is -1.73. The van der Waals surface area contributed by atoms with Crippen LogP contribution in [0.1, 0.15) is 13.3 Å². The molecule has 21 heavy (non-hydrogen) atoms. The van der Waals surface area contributed by atoms with Crippen molar-refractivity contribution in [2.75, 3.05) is 18.0 Å². The lowest BCUT2D eigenvalue weighted by Crippen LogP contribution is -2.48. The fourth-order valence-electron chi connectivity index (χ4n) is 2.49. The molecular formula is C14H17FN2O4. The highest BCUT2D eigenvalue weighted by atomic mass is 19.1. The fraction of sp³-hybridized carbons (Fsp3) is 0.429. The van der Waals surface area contributed by atoms with Crippen LogP contribution in [0.15, 0.2) is 24.3 Å². The summed E-state index contributed by atoms with van der Waals surface area (Å²) in [6.07, 6.45) is -0.898. The van der Waals surface area contributed by atoms with Crippen molar-refractivity contribution in [2.45, 2.75) is 25.5 Å². The van der Waals surface area contributed by atoms with Crippen LogP contribution in [0, 0.1) is 5.82 Å². The summed E-state index contributed by atoms with van der Waals surface area (Å²) in [6, 6.07) is 4.09. The van der Waals surface area contributed by atoms with Crippen LogP contribution in [0.5, 0.6) is 0 Å². The molecule has 6 nitrogen and oxygen atoms in total. The number of likely N-dealkylation sites (tertiary alicyclic amines) is 1. The van der Waals surface area contributed by atoms with Gasteiger partial charge in [-0.1, -0.05) is 12.1 Å². The average Bonchev–Trinajstić information content (AvgIpc) is 2.84. The number of halogens is 1. The number of nitrogens with zero attached hydrogens (tertiary/aromatic N) is 2. The Morgan fingerprint density at radius 2 is 2.10 bits per heavy atom. The molecule has 0 radical (unpaired) electrons. The molecule has 0 spiro atoms. The Morgan fingerprint density at radius 1 is 1.43 bits per heavy atom. The topological polar surface area (TPSA) is 81.1 Å². The van der Waals surface area contributed by atoms with Crippen LogP contribution >= 0.6 is 0 Å². The van der Waals surface area contributed by atoms with Gasteiger partial charge in [0, 0.05) is 19.5 Å². The summed E-state index contributed by atoms with van der Waals surface area (Å²) in [5.41, 5.74) is 0.0931. The fourth-order valence-corrected chi connectivity index (χ4v) is 2.49. The maximum Gasteiger partial charge on any atom is 0.326 e. The zero-order valence-electron chi connectivity index (χ0n) is 11.6. The number of aliphatic hydroxyl groups excluding tert-OH is 1. The van der Waals surface area contributed by atoms with Crippen LogP contribution < -0.4 is 4.90 Å². The summed E-state index contributed by atoms with van der Waals surface area (Å²) in [6.45, 7) is 1.80. The minimum absolute atomic E-state index is 0.0180. The minimum atomic E-state index is -1.18. The number of anilines is 1. The third-order valence-corrected chi connectivity index (χ3v) is 3.50. The summed E-state index contributed by atoms with van der Waals surface area (Å²) >= 11 is 0. The second-order valence-corrected chi connectivity index (χ2v) is 4.87. The van der Waals surface area contributed by atoms with Crippen LogP contribution in [-0.2, 0) is 4.79 Å². The molecule has 2 rings (SSSR count). The highest BCUT2D eigenvalue weighted by Gasteiger charge is 2.40. The van der Waals surface area contributed by atoms with Crippen molar-refractivity contribution < 1.29 is 24.2 Å². The van der Waals surface area contributed by atoms with Crippen molar-refractivity contribution in [3.8, 4) is 0 Å². The number of carbonyl (C=O) groups excluding carboxylic acids is 1. The van der Waals surface area contributed by atoms with Gasteiger partial charge in [-0.2, -0.15) is 0 Å². The second-order valence-electron chi connectivity index (χ2n) is 4.87. The zero-order chi connectivity index (χ0) is 15.6. The summed E-state index contributed by atoms with van der Waals surface area (Å²) < 4.78 is 13.8. The lowest BCUT2D eigenvalue weighted by molar-refractivity contribution is -0.141. The van der Waals surface area contributed by atoms with Gasteiger partial charge in [0.1, 0.15) is 11.9 Å². The number of carboxylic acid groups (broad SMARTS) is 1. The molecular weight excluding hydrogens is 279 g/mol. The summed E-state index contributed by atoms with van der Waals surface area (Å²) in [7, 11) is 0. The van der Waals surface area contributed by atoms with Gasteiger partial charge in [0.05, 0.1) is 11.8 Å². The highest BCUT2D eigenvalue weighted by Crippen LogP contribution is 2.24. The van der Waals surface area contributed by atoms with E-state index in [9.17, 15) is 19.1 Å². The largest absolute Gasteiger partial charge is 0.480 e. The SMILES string of the molecule is CCN(C(=O)N1CC(O)C[C@H]1C(=O)O)c1ccccc1F. The molecule has 0 bridgehead atoms. The van der Waals surface area contributed by atoms with Crippen LogP contribution in [0.25, 0.3) is 0 Å². The van der Waals surface area contributed by atoms with E-state index in [1.54, 1.807) is 13.0 Å². The molecule has 0 aromatic heterocycles. The van der Waals surface area contributed by atoms with Gasteiger partial charge < -0.3 is 15.1 Å². The first-order valence-corrected chi connectivity index (χ1v) is 6.69. The molecule has 114 valence electrons. The Kier molecular flexibility index (Phi) is 4.42. The maximum absolute atomic E-state index is 13.8. The van der Waals surface area contributed by atoms with Gasteiger partial charge in [-0.25, -0.2) is 14.0 Å². The standard InChI is InChI=1S/C14H17FN2O4/c1-2-16(11-6-4-3-5-10(11)15)14(21)17-8-9(18)7-12(17)13(19)20/h3-6,9,12,18H,2,7-8H2,1H3,(H,19,20)/t9?,12-/m0/s1.